The molecular weight excluding hydrogens is 411 g/mol. The Morgan fingerprint density at radius 3 is 2.41 bits per heavy atom. The summed E-state index contributed by atoms with van der Waals surface area (Å²) in [6, 6.07) is 5.57. The molecule has 29 heavy (non-hydrogen) atoms. The largest absolute Gasteiger partial charge is 0.307 e. The number of H-pyrrole nitrogens is 1. The fourth-order valence-electron chi connectivity index (χ4n) is 6.50. The number of halogens is 1. The van der Waals surface area contributed by atoms with Crippen molar-refractivity contribution in [3.63, 3.8) is 0 Å². The molecule has 0 spiro atoms. The first-order valence-corrected chi connectivity index (χ1v) is 11.5. The minimum Gasteiger partial charge on any atom is -0.307 e. The van der Waals surface area contributed by atoms with E-state index < -0.39 is 5.82 Å². The zero-order chi connectivity index (χ0) is 20.2. The Morgan fingerprint density at radius 1 is 1.07 bits per heavy atom. The van der Waals surface area contributed by atoms with Crippen molar-refractivity contribution in [3.8, 4) is 0 Å². The minimum absolute atomic E-state index is 0.0438. The number of carbonyl (C=O) groups is 2. The second-order valence-electron chi connectivity index (χ2n) is 9.11. The standard InChI is InChI=1S/C21H19FN2O3S2/c1-21(2)14-10-7-11(15(14)28-17-16(21)29-20(27)23-17)13-12(10)18(25)24(19(13)26)9-5-3-8(22)4-6-9/h3-6,10-15H,7H2,1-2H3,(H,23,27)/t10-,11-,12+,13+,14+,15+/m0/s1. The maximum absolute atomic E-state index is 13.4. The van der Waals surface area contributed by atoms with Crippen LogP contribution in [0.25, 0.3) is 0 Å². The number of aromatic nitrogens is 1. The number of carbonyl (C=O) groups excluding carboxylic acids is 2. The van der Waals surface area contributed by atoms with Crippen LogP contribution in [0.2, 0.25) is 0 Å². The molecule has 2 amide bonds. The van der Waals surface area contributed by atoms with Crippen molar-refractivity contribution in [3.05, 3.63) is 44.6 Å². The fraction of sp³-hybridized carbons (Fsp3) is 0.476. The van der Waals surface area contributed by atoms with Gasteiger partial charge in [-0.1, -0.05) is 25.2 Å². The van der Waals surface area contributed by atoms with Crippen LogP contribution < -0.4 is 9.77 Å². The van der Waals surface area contributed by atoms with Gasteiger partial charge in [0.1, 0.15) is 5.82 Å². The van der Waals surface area contributed by atoms with Gasteiger partial charge in [-0.15, -0.1) is 11.8 Å². The summed E-state index contributed by atoms with van der Waals surface area (Å²) in [6.45, 7) is 4.34. The second-order valence-corrected chi connectivity index (χ2v) is 11.3. The summed E-state index contributed by atoms with van der Waals surface area (Å²) in [5.74, 6) is -0.806. The maximum atomic E-state index is 13.4. The van der Waals surface area contributed by atoms with E-state index in [9.17, 15) is 18.8 Å². The number of aromatic amines is 1. The number of anilines is 1. The molecular formula is C21H19FN2O3S2. The minimum atomic E-state index is -0.391. The first-order valence-electron chi connectivity index (χ1n) is 9.82. The fourth-order valence-corrected chi connectivity index (χ4v) is 9.65. The van der Waals surface area contributed by atoms with Crippen molar-refractivity contribution in [1.82, 2.24) is 4.98 Å². The summed E-state index contributed by atoms with van der Waals surface area (Å²) < 4.78 is 13.3. The van der Waals surface area contributed by atoms with E-state index in [1.165, 1.54) is 40.5 Å². The van der Waals surface area contributed by atoms with E-state index in [2.05, 4.69) is 18.8 Å². The lowest BCUT2D eigenvalue weighted by molar-refractivity contribution is -0.123. The molecule has 2 aliphatic heterocycles. The highest BCUT2D eigenvalue weighted by atomic mass is 32.2. The lowest BCUT2D eigenvalue weighted by atomic mass is 9.64. The molecule has 3 fully saturated rings. The van der Waals surface area contributed by atoms with E-state index in [0.717, 1.165) is 16.3 Å². The highest BCUT2D eigenvalue weighted by Gasteiger charge is 2.70. The van der Waals surface area contributed by atoms with Gasteiger partial charge in [-0.25, -0.2) is 4.39 Å². The Balaban J connectivity index is 1.42. The Labute approximate surface area is 174 Å². The molecule has 0 radical (unpaired) electrons. The van der Waals surface area contributed by atoms with E-state index in [4.69, 9.17) is 0 Å². The molecule has 8 heteroatoms. The Kier molecular flexibility index (Phi) is 3.46. The summed E-state index contributed by atoms with van der Waals surface area (Å²) >= 11 is 2.96. The molecule has 1 aromatic heterocycles. The van der Waals surface area contributed by atoms with E-state index >= 15 is 0 Å². The van der Waals surface area contributed by atoms with Crippen molar-refractivity contribution >= 4 is 40.6 Å². The molecule has 6 rings (SSSR count). The number of thiazole rings is 1. The van der Waals surface area contributed by atoms with Crippen LogP contribution in [0.3, 0.4) is 0 Å². The molecule has 4 aliphatic rings. The summed E-state index contributed by atoms with van der Waals surface area (Å²) in [5, 5.41) is 1.15. The number of fused-ring (bicyclic) bond motifs is 9. The third-order valence-corrected chi connectivity index (χ3v) is 10.3. The van der Waals surface area contributed by atoms with E-state index in [1.54, 1.807) is 11.8 Å². The SMILES string of the molecule is CC1(C)c2sc(=O)[nH]c2S[C@@H]2[C@H]3C[C@@H]([C@H]4C(=O)N(c5ccc(F)cc5)C(=O)[C@H]34)[C@H]21. The van der Waals surface area contributed by atoms with Gasteiger partial charge in [-0.3, -0.25) is 19.3 Å². The van der Waals surface area contributed by atoms with Gasteiger partial charge in [0.2, 0.25) is 11.8 Å². The number of nitrogens with one attached hydrogen (secondary N) is 1. The molecule has 2 aliphatic carbocycles. The van der Waals surface area contributed by atoms with Crippen LogP contribution in [0.1, 0.15) is 25.1 Å². The van der Waals surface area contributed by atoms with Crippen LogP contribution in [-0.4, -0.2) is 22.0 Å². The molecule has 1 saturated heterocycles. The van der Waals surface area contributed by atoms with Crippen molar-refractivity contribution in [2.24, 2.45) is 29.6 Å². The van der Waals surface area contributed by atoms with Crippen LogP contribution in [0.4, 0.5) is 10.1 Å². The van der Waals surface area contributed by atoms with Crippen LogP contribution in [0.5, 0.6) is 0 Å². The van der Waals surface area contributed by atoms with Gasteiger partial charge in [0, 0.05) is 15.5 Å². The van der Waals surface area contributed by atoms with Gasteiger partial charge < -0.3 is 4.98 Å². The number of thioether (sulfide) groups is 1. The lowest BCUT2D eigenvalue weighted by Gasteiger charge is -2.47. The average Bonchev–Trinajstić information content (AvgIpc) is 3.38. The molecule has 2 bridgehead atoms. The average molecular weight is 431 g/mol. The molecule has 2 aromatic rings. The highest BCUT2D eigenvalue weighted by Crippen LogP contribution is 2.69. The summed E-state index contributed by atoms with van der Waals surface area (Å²) in [7, 11) is 0. The van der Waals surface area contributed by atoms with Crippen molar-refractivity contribution < 1.29 is 14.0 Å². The molecule has 5 nitrogen and oxygen atoms in total. The Bertz CT molecular complexity index is 1120. The van der Waals surface area contributed by atoms with Crippen LogP contribution >= 0.6 is 23.1 Å². The summed E-state index contributed by atoms with van der Waals surface area (Å²) in [6.07, 6.45) is 0.884. The molecule has 150 valence electrons. The lowest BCUT2D eigenvalue weighted by Crippen LogP contribution is -2.48. The van der Waals surface area contributed by atoms with Gasteiger partial charge in [-0.2, -0.15) is 0 Å². The zero-order valence-corrected chi connectivity index (χ0v) is 17.5. The zero-order valence-electron chi connectivity index (χ0n) is 15.8. The van der Waals surface area contributed by atoms with Crippen molar-refractivity contribution in [2.45, 2.75) is 36.0 Å². The van der Waals surface area contributed by atoms with Gasteiger partial charge in [0.15, 0.2) is 0 Å². The molecule has 1 aromatic carbocycles. The van der Waals surface area contributed by atoms with Crippen LogP contribution in [0, 0.1) is 35.4 Å². The van der Waals surface area contributed by atoms with Gasteiger partial charge in [0.05, 0.1) is 22.5 Å². The molecule has 6 atom stereocenters. The van der Waals surface area contributed by atoms with E-state index in [0.29, 0.717) is 5.69 Å². The van der Waals surface area contributed by atoms with E-state index in [-0.39, 0.29) is 56.9 Å². The van der Waals surface area contributed by atoms with Crippen LogP contribution in [-0.2, 0) is 15.0 Å². The summed E-state index contributed by atoms with van der Waals surface area (Å²) in [5.41, 5.74) is 0.236. The number of imide groups is 1. The third kappa shape index (κ3) is 2.14. The molecule has 1 N–H and O–H groups in total. The van der Waals surface area contributed by atoms with Crippen molar-refractivity contribution in [2.75, 3.05) is 4.90 Å². The number of benzene rings is 1. The Hall–Kier alpha value is -1.93. The smallest absolute Gasteiger partial charge is 0.305 e. The summed E-state index contributed by atoms with van der Waals surface area (Å²) in [4.78, 5) is 43.9. The maximum Gasteiger partial charge on any atom is 0.305 e. The Morgan fingerprint density at radius 2 is 1.72 bits per heavy atom. The predicted molar refractivity (Wildman–Crippen MR) is 109 cm³/mol. The van der Waals surface area contributed by atoms with Crippen molar-refractivity contribution in [1.29, 1.82) is 0 Å². The molecule has 2 saturated carbocycles. The molecule has 0 unspecified atom stereocenters. The van der Waals surface area contributed by atoms with Gasteiger partial charge in [-0.05, 0) is 48.4 Å². The number of rotatable bonds is 1. The topological polar surface area (TPSA) is 70.2 Å². The number of nitrogens with zero attached hydrogens (tertiary/aromatic N) is 1. The third-order valence-electron chi connectivity index (χ3n) is 7.48. The van der Waals surface area contributed by atoms with E-state index in [1.807, 2.05) is 0 Å². The normalized spacial score (nSPS) is 36.3. The first-order chi connectivity index (χ1) is 13.8. The quantitative estimate of drug-likeness (QED) is 0.704. The first kappa shape index (κ1) is 17.9. The highest BCUT2D eigenvalue weighted by molar-refractivity contribution is 8.00. The van der Waals surface area contributed by atoms with Gasteiger partial charge in [0.25, 0.3) is 0 Å². The monoisotopic (exact) mass is 430 g/mol. The van der Waals surface area contributed by atoms with Crippen LogP contribution in [0.15, 0.2) is 34.1 Å². The van der Waals surface area contributed by atoms with Gasteiger partial charge >= 0.3 is 4.87 Å². The predicted octanol–water partition coefficient (Wildman–Crippen LogP) is 3.40. The number of hydrogen-bond donors (Lipinski definition) is 1. The second kappa shape index (κ2) is 5.60. The number of amides is 2. The number of hydrogen-bond acceptors (Lipinski definition) is 5. The molecule has 3 heterocycles.